The highest BCUT2D eigenvalue weighted by atomic mass is 32.1. The van der Waals surface area contributed by atoms with E-state index in [0.717, 1.165) is 17.4 Å². The van der Waals surface area contributed by atoms with E-state index in [2.05, 4.69) is 20.1 Å². The first-order valence-electron chi connectivity index (χ1n) is 7.12. The van der Waals surface area contributed by atoms with Crippen LogP contribution in [0.15, 0.2) is 36.8 Å². The average molecular weight is 380 g/mol. The summed E-state index contributed by atoms with van der Waals surface area (Å²) in [5.74, 6) is -1.19. The Labute approximate surface area is 147 Å². The van der Waals surface area contributed by atoms with Gasteiger partial charge in [0.15, 0.2) is 0 Å². The van der Waals surface area contributed by atoms with Crippen molar-refractivity contribution in [3.8, 4) is 21.8 Å². The number of anilines is 1. The number of nitrogens with zero attached hydrogens (tertiary/aromatic N) is 5. The van der Waals surface area contributed by atoms with Crippen molar-refractivity contribution in [3.63, 3.8) is 0 Å². The van der Waals surface area contributed by atoms with E-state index in [1.807, 2.05) is 0 Å². The van der Waals surface area contributed by atoms with Gasteiger partial charge in [0.05, 0.1) is 17.5 Å². The fraction of sp³-hybridized carbons (Fsp3) is 0.0667. The lowest BCUT2D eigenvalue weighted by molar-refractivity contribution is -0.137. The minimum Gasteiger partial charge on any atom is -0.383 e. The number of nitrogens with two attached hydrogens (primary N) is 1. The molecule has 0 aliphatic heterocycles. The van der Waals surface area contributed by atoms with Gasteiger partial charge >= 0.3 is 6.18 Å². The Hall–Kier alpha value is -3.08. The third-order valence-electron chi connectivity index (χ3n) is 3.54. The quantitative estimate of drug-likeness (QED) is 0.424. The molecule has 132 valence electrons. The Morgan fingerprint density at radius 2 is 1.85 bits per heavy atom. The number of fused-ring (bicyclic) bond motifs is 1. The van der Waals surface area contributed by atoms with Gasteiger partial charge in [0.2, 0.25) is 10.9 Å². The van der Waals surface area contributed by atoms with Gasteiger partial charge in [-0.25, -0.2) is 19.5 Å². The van der Waals surface area contributed by atoms with E-state index < -0.39 is 23.5 Å². The molecule has 0 fully saturated rings. The monoisotopic (exact) mass is 380 g/mol. The molecule has 0 aromatic carbocycles. The summed E-state index contributed by atoms with van der Waals surface area (Å²) in [5.41, 5.74) is 5.60. The van der Waals surface area contributed by atoms with Crippen molar-refractivity contribution in [2.45, 2.75) is 6.18 Å². The largest absolute Gasteiger partial charge is 0.419 e. The van der Waals surface area contributed by atoms with Crippen molar-refractivity contribution in [2.75, 3.05) is 5.73 Å². The van der Waals surface area contributed by atoms with Crippen LogP contribution in [0.25, 0.3) is 26.8 Å². The van der Waals surface area contributed by atoms with Gasteiger partial charge in [-0.2, -0.15) is 22.7 Å². The molecule has 0 aliphatic rings. The summed E-state index contributed by atoms with van der Waals surface area (Å²) in [6.07, 6.45) is -0.456. The average Bonchev–Trinajstić information content (AvgIpc) is 3.14. The predicted molar refractivity (Wildman–Crippen MR) is 86.7 cm³/mol. The Morgan fingerprint density at radius 1 is 1.08 bits per heavy atom. The highest BCUT2D eigenvalue weighted by molar-refractivity contribution is 7.19. The first-order chi connectivity index (χ1) is 12.3. The molecule has 4 rings (SSSR count). The molecule has 2 N–H and O–H groups in total. The van der Waals surface area contributed by atoms with E-state index in [4.69, 9.17) is 5.73 Å². The van der Waals surface area contributed by atoms with Gasteiger partial charge in [-0.15, -0.1) is 0 Å². The fourth-order valence-corrected chi connectivity index (χ4v) is 3.16. The maximum absolute atomic E-state index is 13.0. The SMILES string of the molecule is Nc1ncc(-c2nn3cc(-c4ccc(F)nc4)nc3s2)cc1C(F)(F)F. The molecule has 0 saturated heterocycles. The smallest absolute Gasteiger partial charge is 0.383 e. The van der Waals surface area contributed by atoms with Crippen molar-refractivity contribution >= 4 is 22.1 Å². The molecule has 0 unspecified atom stereocenters. The summed E-state index contributed by atoms with van der Waals surface area (Å²) < 4.78 is 53.2. The summed E-state index contributed by atoms with van der Waals surface area (Å²) in [6, 6.07) is 3.64. The molecule has 0 amide bonds. The molecule has 4 aromatic heterocycles. The van der Waals surface area contributed by atoms with Crippen molar-refractivity contribution < 1.29 is 17.6 Å². The van der Waals surface area contributed by atoms with Crippen LogP contribution < -0.4 is 5.73 Å². The third-order valence-corrected chi connectivity index (χ3v) is 4.51. The second kappa shape index (κ2) is 5.73. The maximum Gasteiger partial charge on any atom is 0.419 e. The van der Waals surface area contributed by atoms with E-state index in [9.17, 15) is 17.6 Å². The number of hydrogen-bond acceptors (Lipinski definition) is 6. The lowest BCUT2D eigenvalue weighted by atomic mass is 10.2. The van der Waals surface area contributed by atoms with Crippen LogP contribution >= 0.6 is 11.3 Å². The van der Waals surface area contributed by atoms with Crippen molar-refractivity contribution in [3.05, 3.63) is 48.3 Å². The van der Waals surface area contributed by atoms with Crippen molar-refractivity contribution in [1.82, 2.24) is 24.6 Å². The molecule has 0 saturated carbocycles. The molecule has 6 nitrogen and oxygen atoms in total. The highest BCUT2D eigenvalue weighted by Crippen LogP contribution is 2.36. The minimum absolute atomic E-state index is 0.187. The first-order valence-corrected chi connectivity index (χ1v) is 7.94. The van der Waals surface area contributed by atoms with Gasteiger partial charge in [-0.3, -0.25) is 0 Å². The second-order valence-electron chi connectivity index (χ2n) is 5.28. The van der Waals surface area contributed by atoms with Crippen LogP contribution in [0.4, 0.5) is 23.4 Å². The number of imidazole rings is 1. The van der Waals surface area contributed by atoms with Crippen molar-refractivity contribution in [1.29, 1.82) is 0 Å². The first kappa shape index (κ1) is 16.4. The molecule has 0 radical (unpaired) electrons. The summed E-state index contributed by atoms with van der Waals surface area (Å²) in [4.78, 5) is 12.0. The minimum atomic E-state index is -4.60. The number of aromatic nitrogens is 5. The zero-order valence-electron chi connectivity index (χ0n) is 12.7. The lowest BCUT2D eigenvalue weighted by Crippen LogP contribution is -2.10. The zero-order chi connectivity index (χ0) is 18.5. The van der Waals surface area contributed by atoms with Crippen LogP contribution in [-0.4, -0.2) is 24.6 Å². The van der Waals surface area contributed by atoms with Crippen LogP contribution in [0.1, 0.15) is 5.56 Å². The normalized spacial score (nSPS) is 12.0. The Bertz CT molecular complexity index is 1070. The maximum atomic E-state index is 13.0. The lowest BCUT2D eigenvalue weighted by Gasteiger charge is -2.09. The number of alkyl halides is 3. The molecule has 4 aromatic rings. The topological polar surface area (TPSA) is 82.0 Å². The highest BCUT2D eigenvalue weighted by Gasteiger charge is 2.34. The second-order valence-corrected chi connectivity index (χ2v) is 6.24. The number of hydrogen-bond donors (Lipinski definition) is 1. The van der Waals surface area contributed by atoms with E-state index >= 15 is 0 Å². The van der Waals surface area contributed by atoms with Crippen LogP contribution in [0.3, 0.4) is 0 Å². The molecular weight excluding hydrogens is 372 g/mol. The van der Waals surface area contributed by atoms with Gasteiger partial charge < -0.3 is 5.73 Å². The van der Waals surface area contributed by atoms with Crippen molar-refractivity contribution in [2.24, 2.45) is 0 Å². The Morgan fingerprint density at radius 3 is 2.50 bits per heavy atom. The number of nitrogen functional groups attached to an aromatic ring is 1. The van der Waals surface area contributed by atoms with E-state index in [1.165, 1.54) is 29.0 Å². The third kappa shape index (κ3) is 2.86. The van der Waals surface area contributed by atoms with Gasteiger partial charge in [-0.1, -0.05) is 11.3 Å². The van der Waals surface area contributed by atoms with Crippen LogP contribution in [0.2, 0.25) is 0 Å². The standard InChI is InChI=1S/C15H8F4N6S/c16-11-2-1-7(4-21-11)10-6-25-14(23-10)26-13(24-25)8-3-9(15(17,18)19)12(20)22-5-8/h1-6H,(H2,20,22). The van der Waals surface area contributed by atoms with E-state index in [1.54, 1.807) is 6.20 Å². The number of rotatable bonds is 2. The summed E-state index contributed by atoms with van der Waals surface area (Å²) in [6.45, 7) is 0. The molecule has 0 bridgehead atoms. The molecule has 4 heterocycles. The van der Waals surface area contributed by atoms with E-state index in [0.29, 0.717) is 21.2 Å². The van der Waals surface area contributed by atoms with Gasteiger partial charge in [-0.05, 0) is 18.2 Å². The molecule has 11 heteroatoms. The fourth-order valence-electron chi connectivity index (χ4n) is 2.30. The van der Waals surface area contributed by atoms with E-state index in [-0.39, 0.29) is 5.56 Å². The van der Waals surface area contributed by atoms with Crippen LogP contribution in [0, 0.1) is 5.95 Å². The molecule has 0 aliphatic carbocycles. The molecular formula is C15H8F4N6S. The number of pyridine rings is 2. The number of halogens is 4. The van der Waals surface area contributed by atoms with Gasteiger partial charge in [0, 0.05) is 23.5 Å². The molecule has 0 spiro atoms. The zero-order valence-corrected chi connectivity index (χ0v) is 13.5. The van der Waals surface area contributed by atoms with Gasteiger partial charge in [0.25, 0.3) is 0 Å². The Kier molecular flexibility index (Phi) is 3.61. The Balaban J connectivity index is 1.73. The molecule has 26 heavy (non-hydrogen) atoms. The molecule has 0 atom stereocenters. The van der Waals surface area contributed by atoms with Crippen LogP contribution in [-0.2, 0) is 6.18 Å². The predicted octanol–water partition coefficient (Wildman–Crippen LogP) is 3.65. The summed E-state index contributed by atoms with van der Waals surface area (Å²) in [5, 5.41) is 4.54. The summed E-state index contributed by atoms with van der Waals surface area (Å²) >= 11 is 1.09. The summed E-state index contributed by atoms with van der Waals surface area (Å²) in [7, 11) is 0. The van der Waals surface area contributed by atoms with Gasteiger partial charge in [0.1, 0.15) is 10.8 Å². The van der Waals surface area contributed by atoms with Crippen LogP contribution in [0.5, 0.6) is 0 Å².